The van der Waals surface area contributed by atoms with Gasteiger partial charge in [0.2, 0.25) is 0 Å². The lowest BCUT2D eigenvalue weighted by Crippen LogP contribution is -2.22. The van der Waals surface area contributed by atoms with Gasteiger partial charge in [-0.1, -0.05) is 212 Å². The van der Waals surface area contributed by atoms with Gasteiger partial charge in [0.1, 0.15) is 0 Å². The highest BCUT2D eigenvalue weighted by Gasteiger charge is 2.40. The van der Waals surface area contributed by atoms with Crippen molar-refractivity contribution in [2.24, 2.45) is 0 Å². The SMILES string of the molecule is CC1(c2ccccc2)c2ccccc2-c2ccc(-c3ccc(N(c4ccc(-c5ccc6ccccc6c5)cc4)c4ccccc4-c4cccc5cccc(-c6ccccc6)c45)cc3)cc21. The predicted octanol–water partition coefficient (Wildman–Crippen LogP) is 17.5. The van der Waals surface area contributed by atoms with Crippen molar-refractivity contribution in [2.75, 3.05) is 4.90 Å². The fourth-order valence-corrected chi connectivity index (χ4v) is 10.5. The fraction of sp³-hybridized carbons (Fsp3) is 0.0312. The summed E-state index contributed by atoms with van der Waals surface area (Å²) in [6, 6.07) is 93.5. The summed E-state index contributed by atoms with van der Waals surface area (Å²) in [5.41, 5.74) is 19.3. The molecule has 65 heavy (non-hydrogen) atoms. The van der Waals surface area contributed by atoms with E-state index in [1.165, 1.54) is 93.9 Å². The monoisotopic (exact) mass is 827 g/mol. The Morgan fingerprint density at radius 3 is 1.52 bits per heavy atom. The van der Waals surface area contributed by atoms with Crippen LogP contribution in [0.2, 0.25) is 0 Å². The molecule has 0 saturated heterocycles. The van der Waals surface area contributed by atoms with Crippen molar-refractivity contribution in [3.8, 4) is 55.6 Å². The predicted molar refractivity (Wildman–Crippen MR) is 275 cm³/mol. The highest BCUT2D eigenvalue weighted by molar-refractivity contribution is 6.09. The molecule has 12 rings (SSSR count). The van der Waals surface area contributed by atoms with Crippen molar-refractivity contribution < 1.29 is 0 Å². The van der Waals surface area contributed by atoms with Crippen molar-refractivity contribution in [1.29, 1.82) is 0 Å². The second kappa shape index (κ2) is 15.8. The summed E-state index contributed by atoms with van der Waals surface area (Å²) in [7, 11) is 0. The Balaban J connectivity index is 0.993. The zero-order valence-corrected chi connectivity index (χ0v) is 36.2. The molecule has 11 aromatic carbocycles. The topological polar surface area (TPSA) is 3.24 Å². The van der Waals surface area contributed by atoms with E-state index in [4.69, 9.17) is 0 Å². The summed E-state index contributed by atoms with van der Waals surface area (Å²) >= 11 is 0. The van der Waals surface area contributed by atoms with Crippen LogP contribution in [0.5, 0.6) is 0 Å². The lowest BCUT2D eigenvalue weighted by Gasteiger charge is -2.29. The highest BCUT2D eigenvalue weighted by Crippen LogP contribution is 2.53. The van der Waals surface area contributed by atoms with Crippen LogP contribution in [0.15, 0.2) is 255 Å². The Kier molecular flexibility index (Phi) is 9.35. The Morgan fingerprint density at radius 2 is 0.800 bits per heavy atom. The number of rotatable bonds is 8. The third-order valence-corrected chi connectivity index (χ3v) is 13.8. The molecular weight excluding hydrogens is 783 g/mol. The molecule has 0 spiro atoms. The molecule has 1 aliphatic rings. The van der Waals surface area contributed by atoms with Crippen LogP contribution in [0, 0.1) is 0 Å². The van der Waals surface area contributed by atoms with E-state index in [2.05, 4.69) is 267 Å². The molecular formula is C64H45N. The summed E-state index contributed by atoms with van der Waals surface area (Å²) in [5.74, 6) is 0. The molecule has 0 saturated carbocycles. The molecule has 1 aliphatic carbocycles. The molecule has 0 heterocycles. The van der Waals surface area contributed by atoms with E-state index in [0.29, 0.717) is 0 Å². The molecule has 1 nitrogen and oxygen atoms in total. The minimum absolute atomic E-state index is 0.259. The summed E-state index contributed by atoms with van der Waals surface area (Å²) in [5, 5.41) is 4.96. The van der Waals surface area contributed by atoms with E-state index in [-0.39, 0.29) is 5.41 Å². The molecule has 0 N–H and O–H groups in total. The van der Waals surface area contributed by atoms with E-state index in [1.807, 2.05) is 0 Å². The minimum Gasteiger partial charge on any atom is -0.310 e. The van der Waals surface area contributed by atoms with Crippen molar-refractivity contribution in [1.82, 2.24) is 0 Å². The molecule has 0 radical (unpaired) electrons. The molecule has 0 amide bonds. The van der Waals surface area contributed by atoms with Gasteiger partial charge in [-0.3, -0.25) is 0 Å². The number of anilines is 3. The van der Waals surface area contributed by atoms with Gasteiger partial charge in [-0.05, 0) is 138 Å². The summed E-state index contributed by atoms with van der Waals surface area (Å²) < 4.78 is 0. The third-order valence-electron chi connectivity index (χ3n) is 13.8. The molecule has 0 aliphatic heterocycles. The number of hydrogen-bond donors (Lipinski definition) is 0. The zero-order valence-electron chi connectivity index (χ0n) is 36.2. The van der Waals surface area contributed by atoms with Crippen LogP contribution in [-0.2, 0) is 5.41 Å². The molecule has 11 aromatic rings. The molecule has 306 valence electrons. The van der Waals surface area contributed by atoms with Crippen LogP contribution in [0.4, 0.5) is 17.1 Å². The third kappa shape index (κ3) is 6.55. The first-order valence-electron chi connectivity index (χ1n) is 22.6. The lowest BCUT2D eigenvalue weighted by atomic mass is 9.74. The maximum atomic E-state index is 2.43. The van der Waals surface area contributed by atoms with Gasteiger partial charge in [-0.25, -0.2) is 0 Å². The van der Waals surface area contributed by atoms with Crippen LogP contribution in [0.1, 0.15) is 23.6 Å². The average Bonchev–Trinajstić information content (AvgIpc) is 3.64. The molecule has 0 bridgehead atoms. The normalized spacial score (nSPS) is 14.0. The second-order valence-electron chi connectivity index (χ2n) is 17.4. The molecule has 1 unspecified atom stereocenters. The Bertz CT molecular complexity index is 3530. The maximum Gasteiger partial charge on any atom is 0.0540 e. The van der Waals surface area contributed by atoms with E-state index in [0.717, 1.165) is 17.1 Å². The number of benzene rings is 11. The fourth-order valence-electron chi connectivity index (χ4n) is 10.5. The molecule has 1 atom stereocenters. The zero-order chi connectivity index (χ0) is 43.3. The number of para-hydroxylation sites is 1. The minimum atomic E-state index is -0.259. The van der Waals surface area contributed by atoms with E-state index >= 15 is 0 Å². The van der Waals surface area contributed by atoms with Gasteiger partial charge >= 0.3 is 0 Å². The Labute approximate surface area is 381 Å². The first kappa shape index (κ1) is 38.4. The Morgan fingerprint density at radius 1 is 0.292 bits per heavy atom. The largest absolute Gasteiger partial charge is 0.310 e. The highest BCUT2D eigenvalue weighted by atomic mass is 15.1. The standard InChI is InChI=1S/C64H45N/c1-64(52-22-6-3-7-23-52)60-28-12-10-24-56(60)57-41-36-51(43-61(57)64)46-34-39-54(40-35-46)65(53-37-32-45(33-38-53)50-31-30-44-16-8-9-19-49(44)42-50)62-29-13-11-25-58(62)59-27-15-21-48-20-14-26-55(63(48)59)47-17-4-2-5-18-47/h2-43H,1H3. The summed E-state index contributed by atoms with van der Waals surface area (Å²) in [6.07, 6.45) is 0. The second-order valence-corrected chi connectivity index (χ2v) is 17.4. The first-order valence-corrected chi connectivity index (χ1v) is 22.6. The summed E-state index contributed by atoms with van der Waals surface area (Å²) in [6.45, 7) is 2.39. The quantitative estimate of drug-likeness (QED) is 0.147. The van der Waals surface area contributed by atoms with E-state index < -0.39 is 0 Å². The maximum absolute atomic E-state index is 2.43. The smallest absolute Gasteiger partial charge is 0.0540 e. The van der Waals surface area contributed by atoms with E-state index in [9.17, 15) is 0 Å². The molecule has 0 fully saturated rings. The van der Waals surface area contributed by atoms with Gasteiger partial charge in [-0.15, -0.1) is 0 Å². The molecule has 0 aromatic heterocycles. The Hall–Kier alpha value is -8.26. The van der Waals surface area contributed by atoms with Crippen LogP contribution in [-0.4, -0.2) is 0 Å². The van der Waals surface area contributed by atoms with Crippen molar-refractivity contribution in [3.05, 3.63) is 271 Å². The van der Waals surface area contributed by atoms with Crippen LogP contribution in [0.25, 0.3) is 77.2 Å². The van der Waals surface area contributed by atoms with Crippen LogP contribution >= 0.6 is 0 Å². The lowest BCUT2D eigenvalue weighted by molar-refractivity contribution is 0.714. The van der Waals surface area contributed by atoms with Crippen molar-refractivity contribution in [2.45, 2.75) is 12.3 Å². The van der Waals surface area contributed by atoms with Gasteiger partial charge in [0.05, 0.1) is 5.69 Å². The van der Waals surface area contributed by atoms with Gasteiger partial charge in [0.25, 0.3) is 0 Å². The van der Waals surface area contributed by atoms with Gasteiger partial charge in [0, 0.05) is 22.4 Å². The van der Waals surface area contributed by atoms with E-state index in [1.54, 1.807) is 0 Å². The average molecular weight is 828 g/mol. The number of nitrogens with zero attached hydrogens (tertiary/aromatic N) is 1. The van der Waals surface area contributed by atoms with Gasteiger partial charge in [0.15, 0.2) is 0 Å². The van der Waals surface area contributed by atoms with Crippen LogP contribution in [0.3, 0.4) is 0 Å². The summed E-state index contributed by atoms with van der Waals surface area (Å²) in [4.78, 5) is 2.43. The number of fused-ring (bicyclic) bond motifs is 5. The van der Waals surface area contributed by atoms with Crippen LogP contribution < -0.4 is 4.90 Å². The number of hydrogen-bond acceptors (Lipinski definition) is 1. The molecule has 1 heteroatoms. The van der Waals surface area contributed by atoms with Gasteiger partial charge in [-0.2, -0.15) is 0 Å². The van der Waals surface area contributed by atoms with Crippen molar-refractivity contribution in [3.63, 3.8) is 0 Å². The van der Waals surface area contributed by atoms with Gasteiger partial charge < -0.3 is 4.90 Å². The van der Waals surface area contributed by atoms with Crippen molar-refractivity contribution >= 4 is 38.6 Å². The first-order chi connectivity index (χ1) is 32.1.